The Morgan fingerprint density at radius 1 is 1.06 bits per heavy atom. The zero-order chi connectivity index (χ0) is 11.1. The number of fused-ring (bicyclic) bond motifs is 1. The van der Waals surface area contributed by atoms with Gasteiger partial charge >= 0.3 is 0 Å². The fourth-order valence-corrected chi connectivity index (χ4v) is 3.59. The highest BCUT2D eigenvalue weighted by molar-refractivity contribution is 5.83. The molecule has 3 saturated carbocycles. The van der Waals surface area contributed by atoms with Crippen molar-refractivity contribution in [2.75, 3.05) is 0 Å². The van der Waals surface area contributed by atoms with E-state index in [2.05, 4.69) is 5.32 Å². The molecule has 16 heavy (non-hydrogen) atoms. The minimum atomic E-state index is 0.270. The summed E-state index contributed by atoms with van der Waals surface area (Å²) in [6, 6.07) is 0.270. The van der Waals surface area contributed by atoms with Crippen LogP contribution in [0.2, 0.25) is 0 Å². The molecular formula is C13H19NO2. The van der Waals surface area contributed by atoms with Gasteiger partial charge in [0, 0.05) is 24.8 Å². The first-order valence-corrected chi connectivity index (χ1v) is 6.58. The first-order chi connectivity index (χ1) is 7.75. The van der Waals surface area contributed by atoms with E-state index in [0.717, 1.165) is 12.8 Å². The van der Waals surface area contributed by atoms with Crippen LogP contribution >= 0.6 is 0 Å². The van der Waals surface area contributed by atoms with E-state index in [-0.39, 0.29) is 11.9 Å². The highest BCUT2D eigenvalue weighted by Crippen LogP contribution is 2.57. The van der Waals surface area contributed by atoms with Gasteiger partial charge in [0.1, 0.15) is 5.78 Å². The first-order valence-electron chi connectivity index (χ1n) is 6.58. The van der Waals surface area contributed by atoms with Crippen LogP contribution < -0.4 is 5.32 Å². The highest BCUT2D eigenvalue weighted by atomic mass is 16.2. The van der Waals surface area contributed by atoms with Crippen LogP contribution in [0.3, 0.4) is 0 Å². The van der Waals surface area contributed by atoms with Gasteiger partial charge in [0.2, 0.25) is 5.91 Å². The Hall–Kier alpha value is -0.860. The smallest absolute Gasteiger partial charge is 0.223 e. The average molecular weight is 221 g/mol. The van der Waals surface area contributed by atoms with Gasteiger partial charge < -0.3 is 5.32 Å². The number of nitrogens with one attached hydrogen (secondary N) is 1. The van der Waals surface area contributed by atoms with Crippen LogP contribution in [0.1, 0.15) is 44.9 Å². The number of amides is 1. The number of Topliss-reactive ketones (excluding diaryl/α,β-unsaturated/α-hetero) is 1. The molecule has 2 atom stereocenters. The lowest BCUT2D eigenvalue weighted by atomic mass is 9.94. The second-order valence-electron chi connectivity index (χ2n) is 5.61. The topological polar surface area (TPSA) is 46.2 Å². The minimum Gasteiger partial charge on any atom is -0.353 e. The van der Waals surface area contributed by atoms with Gasteiger partial charge in [0.05, 0.1) is 0 Å². The molecule has 3 heteroatoms. The van der Waals surface area contributed by atoms with Crippen molar-refractivity contribution in [1.82, 2.24) is 5.32 Å². The molecule has 0 aromatic carbocycles. The number of rotatable bonds is 2. The van der Waals surface area contributed by atoms with E-state index < -0.39 is 0 Å². The van der Waals surface area contributed by atoms with Gasteiger partial charge in [-0.05, 0) is 37.5 Å². The molecule has 0 aliphatic heterocycles. The summed E-state index contributed by atoms with van der Waals surface area (Å²) in [7, 11) is 0. The molecule has 0 aromatic rings. The van der Waals surface area contributed by atoms with Crippen LogP contribution in [0.15, 0.2) is 0 Å². The van der Waals surface area contributed by atoms with Crippen molar-refractivity contribution in [3.63, 3.8) is 0 Å². The Balaban J connectivity index is 1.48. The summed E-state index contributed by atoms with van der Waals surface area (Å²) in [5.41, 5.74) is 0. The van der Waals surface area contributed by atoms with E-state index in [1.807, 2.05) is 0 Å². The Morgan fingerprint density at radius 2 is 1.69 bits per heavy atom. The Labute approximate surface area is 96.0 Å². The van der Waals surface area contributed by atoms with Gasteiger partial charge in [-0.1, -0.05) is 6.42 Å². The fraction of sp³-hybridized carbons (Fsp3) is 0.846. The highest BCUT2D eigenvalue weighted by Gasteiger charge is 2.56. The lowest BCUT2D eigenvalue weighted by Gasteiger charge is -2.22. The van der Waals surface area contributed by atoms with Gasteiger partial charge in [-0.15, -0.1) is 0 Å². The second-order valence-corrected chi connectivity index (χ2v) is 5.61. The lowest BCUT2D eigenvalue weighted by molar-refractivity contribution is -0.126. The zero-order valence-electron chi connectivity index (χ0n) is 9.58. The molecule has 88 valence electrons. The number of hydrogen-bond acceptors (Lipinski definition) is 2. The normalized spacial score (nSPS) is 38.2. The number of hydrogen-bond donors (Lipinski definition) is 1. The molecule has 0 radical (unpaired) electrons. The third kappa shape index (κ3) is 1.76. The van der Waals surface area contributed by atoms with Crippen molar-refractivity contribution >= 4 is 11.7 Å². The molecule has 2 unspecified atom stereocenters. The molecule has 0 aromatic heterocycles. The van der Waals surface area contributed by atoms with Crippen LogP contribution in [-0.2, 0) is 9.59 Å². The van der Waals surface area contributed by atoms with Crippen LogP contribution in [0, 0.1) is 17.8 Å². The van der Waals surface area contributed by atoms with Crippen LogP contribution in [0.4, 0.5) is 0 Å². The molecule has 3 aliphatic rings. The summed E-state index contributed by atoms with van der Waals surface area (Å²) in [4.78, 5) is 23.1. The summed E-state index contributed by atoms with van der Waals surface area (Å²) in [5.74, 6) is 2.35. The van der Waals surface area contributed by atoms with Gasteiger partial charge in [-0.2, -0.15) is 0 Å². The first kappa shape index (κ1) is 10.3. The molecule has 0 bridgehead atoms. The van der Waals surface area contributed by atoms with Gasteiger partial charge in [-0.25, -0.2) is 0 Å². The van der Waals surface area contributed by atoms with E-state index in [1.165, 1.54) is 19.3 Å². The SMILES string of the molecule is O=C1CCC(NC(=O)C2C3CCCC32)CC1. The summed E-state index contributed by atoms with van der Waals surface area (Å²) < 4.78 is 0. The largest absolute Gasteiger partial charge is 0.353 e. The predicted molar refractivity (Wildman–Crippen MR) is 59.7 cm³/mol. The summed E-state index contributed by atoms with van der Waals surface area (Å²) >= 11 is 0. The number of carbonyl (C=O) groups is 2. The molecule has 1 amide bonds. The van der Waals surface area contributed by atoms with Crippen molar-refractivity contribution in [1.29, 1.82) is 0 Å². The standard InChI is InChI=1S/C13H19NO2/c15-9-6-4-8(5-7-9)14-13(16)12-10-2-1-3-11(10)12/h8,10-12H,1-7H2,(H,14,16). The molecule has 3 nitrogen and oxygen atoms in total. The monoisotopic (exact) mass is 221 g/mol. The van der Waals surface area contributed by atoms with Crippen molar-refractivity contribution in [3.05, 3.63) is 0 Å². The van der Waals surface area contributed by atoms with Crippen LogP contribution in [0.5, 0.6) is 0 Å². The van der Waals surface area contributed by atoms with Gasteiger partial charge in [-0.3, -0.25) is 9.59 Å². The van der Waals surface area contributed by atoms with Crippen molar-refractivity contribution in [2.24, 2.45) is 17.8 Å². The molecular weight excluding hydrogens is 202 g/mol. The maximum absolute atomic E-state index is 12.0. The maximum atomic E-state index is 12.0. The Bertz CT molecular complexity index is 306. The zero-order valence-corrected chi connectivity index (χ0v) is 9.58. The molecule has 3 aliphatic carbocycles. The van der Waals surface area contributed by atoms with E-state index in [9.17, 15) is 9.59 Å². The Morgan fingerprint density at radius 3 is 2.31 bits per heavy atom. The third-order valence-corrected chi connectivity index (χ3v) is 4.60. The van der Waals surface area contributed by atoms with Gasteiger partial charge in [0.25, 0.3) is 0 Å². The van der Waals surface area contributed by atoms with E-state index >= 15 is 0 Å². The van der Waals surface area contributed by atoms with E-state index in [0.29, 0.717) is 36.4 Å². The minimum absolute atomic E-state index is 0.270. The summed E-state index contributed by atoms with van der Waals surface area (Å²) in [6.07, 6.45) is 6.85. The third-order valence-electron chi connectivity index (χ3n) is 4.60. The van der Waals surface area contributed by atoms with E-state index in [1.54, 1.807) is 0 Å². The summed E-state index contributed by atoms with van der Waals surface area (Å²) in [6.45, 7) is 0. The predicted octanol–water partition coefficient (Wildman–Crippen LogP) is 1.66. The molecule has 3 fully saturated rings. The van der Waals surface area contributed by atoms with Crippen LogP contribution in [0.25, 0.3) is 0 Å². The molecule has 1 N–H and O–H groups in total. The molecule has 3 rings (SSSR count). The van der Waals surface area contributed by atoms with E-state index in [4.69, 9.17) is 0 Å². The van der Waals surface area contributed by atoms with Crippen molar-refractivity contribution in [3.8, 4) is 0 Å². The van der Waals surface area contributed by atoms with Gasteiger partial charge in [0.15, 0.2) is 0 Å². The molecule has 0 spiro atoms. The van der Waals surface area contributed by atoms with Crippen LogP contribution in [-0.4, -0.2) is 17.7 Å². The lowest BCUT2D eigenvalue weighted by Crippen LogP contribution is -2.39. The van der Waals surface area contributed by atoms with Crippen molar-refractivity contribution < 1.29 is 9.59 Å². The number of carbonyl (C=O) groups excluding carboxylic acids is 2. The summed E-state index contributed by atoms with van der Waals surface area (Å²) in [5, 5.41) is 3.14. The average Bonchev–Trinajstić information content (AvgIpc) is 2.76. The molecule has 0 heterocycles. The number of ketones is 1. The fourth-order valence-electron chi connectivity index (χ4n) is 3.59. The quantitative estimate of drug-likeness (QED) is 0.770. The second kappa shape index (κ2) is 3.86. The van der Waals surface area contributed by atoms with Crippen molar-refractivity contribution in [2.45, 2.75) is 51.0 Å². The Kier molecular flexibility index (Phi) is 2.49. The molecule has 0 saturated heterocycles. The maximum Gasteiger partial charge on any atom is 0.223 e.